The quantitative estimate of drug-likeness (QED) is 0.650. The fourth-order valence-electron chi connectivity index (χ4n) is 3.96. The minimum absolute atomic E-state index is 0.234. The van der Waals surface area contributed by atoms with Crippen LogP contribution in [0.1, 0.15) is 30.9 Å². The molecule has 1 aliphatic carbocycles. The highest BCUT2D eigenvalue weighted by molar-refractivity contribution is 5.90. The Hall–Kier alpha value is -3.56. The summed E-state index contributed by atoms with van der Waals surface area (Å²) in [4.78, 5) is 36.4. The molecule has 0 saturated carbocycles. The smallest absolute Gasteiger partial charge is 0.417 e. The molecule has 0 saturated heterocycles. The van der Waals surface area contributed by atoms with Gasteiger partial charge in [-0.25, -0.2) is 9.59 Å². The number of carboxylic acid groups (broad SMARTS) is 1. The molecule has 2 aromatic rings. The van der Waals surface area contributed by atoms with E-state index in [1.807, 2.05) is 48.5 Å². The number of benzene rings is 2. The number of carbonyl (C=O) groups is 3. The summed E-state index contributed by atoms with van der Waals surface area (Å²) in [5.41, 5.74) is 3.66. The van der Waals surface area contributed by atoms with Gasteiger partial charge in [-0.1, -0.05) is 48.5 Å². The molecular formula is C23H23F3N2O5. The van der Waals surface area contributed by atoms with Crippen LogP contribution in [0.3, 0.4) is 0 Å². The molecule has 2 aromatic carbocycles. The Morgan fingerprint density at radius 1 is 1.06 bits per heavy atom. The molecule has 0 spiro atoms. The van der Waals surface area contributed by atoms with Gasteiger partial charge in [0.2, 0.25) is 6.04 Å². The number of nitrogens with zero attached hydrogens (tertiary/aromatic N) is 1. The van der Waals surface area contributed by atoms with E-state index in [1.54, 1.807) is 5.32 Å². The van der Waals surface area contributed by atoms with Gasteiger partial charge < -0.3 is 20.1 Å². The van der Waals surface area contributed by atoms with Gasteiger partial charge in [0, 0.05) is 12.5 Å². The van der Waals surface area contributed by atoms with E-state index < -0.39 is 36.2 Å². The minimum atomic E-state index is -5.14. The first-order valence-electron chi connectivity index (χ1n) is 10.3. The van der Waals surface area contributed by atoms with Gasteiger partial charge in [0.05, 0.1) is 0 Å². The average molecular weight is 464 g/mol. The van der Waals surface area contributed by atoms with E-state index in [9.17, 15) is 27.6 Å². The molecular weight excluding hydrogens is 441 g/mol. The summed E-state index contributed by atoms with van der Waals surface area (Å²) < 4.78 is 45.8. The van der Waals surface area contributed by atoms with Crippen molar-refractivity contribution in [2.24, 2.45) is 0 Å². The molecule has 0 radical (unpaired) electrons. The monoisotopic (exact) mass is 464 g/mol. The molecule has 0 fully saturated rings. The van der Waals surface area contributed by atoms with Crippen molar-refractivity contribution in [3.05, 3.63) is 59.7 Å². The minimum Gasteiger partial charge on any atom is -0.480 e. The number of likely N-dealkylation sites (N-methyl/N-ethyl adjacent to an activating group) is 1. The van der Waals surface area contributed by atoms with Crippen molar-refractivity contribution in [2.75, 3.05) is 13.2 Å². The van der Waals surface area contributed by atoms with Crippen molar-refractivity contribution in [1.29, 1.82) is 0 Å². The molecule has 1 aliphatic rings. The highest BCUT2D eigenvalue weighted by Gasteiger charge is 2.49. The zero-order chi connectivity index (χ0) is 24.3. The summed E-state index contributed by atoms with van der Waals surface area (Å²) in [7, 11) is 0. The second-order valence-corrected chi connectivity index (χ2v) is 7.58. The number of rotatable bonds is 7. The van der Waals surface area contributed by atoms with Crippen molar-refractivity contribution in [2.45, 2.75) is 38.0 Å². The highest BCUT2D eigenvalue weighted by atomic mass is 19.4. The molecule has 0 bridgehead atoms. The summed E-state index contributed by atoms with van der Waals surface area (Å²) in [5.74, 6) is -3.41. The van der Waals surface area contributed by atoms with E-state index in [-0.39, 0.29) is 19.1 Å². The molecule has 3 rings (SSSR count). The van der Waals surface area contributed by atoms with E-state index in [1.165, 1.54) is 6.92 Å². The predicted molar refractivity (Wildman–Crippen MR) is 113 cm³/mol. The predicted octanol–water partition coefficient (Wildman–Crippen LogP) is 3.78. The summed E-state index contributed by atoms with van der Waals surface area (Å²) in [6.07, 6.45) is -6.57. The number of ether oxygens (including phenoxy) is 1. The van der Waals surface area contributed by atoms with Gasteiger partial charge in [0.25, 0.3) is 5.91 Å². The largest absolute Gasteiger partial charge is 0.480 e. The number of hydrogen-bond acceptors (Lipinski definition) is 4. The number of nitrogens with one attached hydrogen (secondary N) is 1. The Kier molecular flexibility index (Phi) is 6.95. The summed E-state index contributed by atoms with van der Waals surface area (Å²) >= 11 is 0. The number of aliphatic carboxylic acids is 1. The van der Waals surface area contributed by atoms with Gasteiger partial charge in [-0.15, -0.1) is 0 Å². The van der Waals surface area contributed by atoms with Crippen molar-refractivity contribution in [3.8, 4) is 11.1 Å². The fraction of sp³-hybridized carbons (Fsp3) is 0.348. The Labute approximate surface area is 188 Å². The van der Waals surface area contributed by atoms with E-state index >= 15 is 0 Å². The first-order chi connectivity index (χ1) is 15.6. The standard InChI is InChI=1S/C23H23F3N2O5/c1-3-28(13(2)21(30)31)20(29)19(23(24,25)26)27-22(32)33-12-18-16-10-6-4-8-14(16)15-9-5-7-11-17(15)18/h4-11,13,18-19H,3,12H2,1-2H3,(H,27,32)(H,30,31). The summed E-state index contributed by atoms with van der Waals surface area (Å²) in [6, 6.07) is 10.5. The molecule has 0 heterocycles. The highest BCUT2D eigenvalue weighted by Crippen LogP contribution is 2.44. The number of alkyl carbamates (subject to hydrolysis) is 1. The number of hydrogen-bond donors (Lipinski definition) is 2. The lowest BCUT2D eigenvalue weighted by atomic mass is 9.98. The lowest BCUT2D eigenvalue weighted by Crippen LogP contribution is -2.58. The number of fused-ring (bicyclic) bond motifs is 3. The zero-order valence-corrected chi connectivity index (χ0v) is 17.9. The average Bonchev–Trinajstić information content (AvgIpc) is 3.09. The first kappa shape index (κ1) is 24.1. The van der Waals surface area contributed by atoms with Crippen LogP contribution in [0.2, 0.25) is 0 Å². The SMILES string of the molecule is CCN(C(=O)C(NC(=O)OCC1c2ccccc2-c2ccccc21)C(F)(F)F)C(C)C(=O)O. The Morgan fingerprint density at radius 3 is 2.03 bits per heavy atom. The molecule has 10 heteroatoms. The van der Waals surface area contributed by atoms with Gasteiger partial charge in [0.1, 0.15) is 12.6 Å². The third kappa shape index (κ3) is 4.94. The maximum Gasteiger partial charge on any atom is 0.417 e. The van der Waals surface area contributed by atoms with Gasteiger partial charge >= 0.3 is 18.2 Å². The van der Waals surface area contributed by atoms with Gasteiger partial charge in [-0.3, -0.25) is 4.79 Å². The maximum atomic E-state index is 13.6. The number of carboxylic acids is 1. The Bertz CT molecular complexity index is 1010. The van der Waals surface area contributed by atoms with Crippen LogP contribution in [0.15, 0.2) is 48.5 Å². The third-order valence-corrected chi connectivity index (χ3v) is 5.63. The Morgan fingerprint density at radius 2 is 1.58 bits per heavy atom. The van der Waals surface area contributed by atoms with Crippen LogP contribution in [0.5, 0.6) is 0 Å². The topological polar surface area (TPSA) is 95.9 Å². The summed E-state index contributed by atoms with van der Waals surface area (Å²) in [6.45, 7) is 1.91. The Balaban J connectivity index is 1.74. The zero-order valence-electron chi connectivity index (χ0n) is 17.9. The fourth-order valence-corrected chi connectivity index (χ4v) is 3.96. The van der Waals surface area contributed by atoms with E-state index in [0.717, 1.165) is 29.2 Å². The second kappa shape index (κ2) is 9.51. The molecule has 2 unspecified atom stereocenters. The normalized spacial score (nSPS) is 14.6. The molecule has 33 heavy (non-hydrogen) atoms. The van der Waals surface area contributed by atoms with Crippen molar-refractivity contribution < 1.29 is 37.4 Å². The first-order valence-corrected chi connectivity index (χ1v) is 10.3. The molecule has 176 valence electrons. The van der Waals surface area contributed by atoms with Crippen LogP contribution in [0, 0.1) is 0 Å². The van der Waals surface area contributed by atoms with E-state index in [0.29, 0.717) is 4.90 Å². The summed E-state index contributed by atoms with van der Waals surface area (Å²) in [5, 5.41) is 10.6. The van der Waals surface area contributed by atoms with Crippen molar-refractivity contribution in [3.63, 3.8) is 0 Å². The molecule has 2 N–H and O–H groups in total. The molecule has 2 atom stereocenters. The van der Waals surface area contributed by atoms with Crippen molar-refractivity contribution >= 4 is 18.0 Å². The molecule has 0 aliphatic heterocycles. The number of carbonyl (C=O) groups excluding carboxylic acids is 2. The van der Waals surface area contributed by atoms with E-state index in [2.05, 4.69) is 0 Å². The van der Waals surface area contributed by atoms with E-state index in [4.69, 9.17) is 9.84 Å². The number of halogens is 3. The van der Waals surface area contributed by atoms with Gasteiger partial charge in [-0.05, 0) is 36.1 Å². The van der Waals surface area contributed by atoms with Crippen LogP contribution < -0.4 is 5.32 Å². The number of alkyl halides is 3. The number of amides is 2. The van der Waals surface area contributed by atoms with Crippen molar-refractivity contribution in [1.82, 2.24) is 10.2 Å². The second-order valence-electron chi connectivity index (χ2n) is 7.58. The third-order valence-electron chi connectivity index (χ3n) is 5.63. The van der Waals surface area contributed by atoms with Gasteiger partial charge in [-0.2, -0.15) is 13.2 Å². The molecule has 7 nitrogen and oxygen atoms in total. The molecule has 0 aromatic heterocycles. The lowest BCUT2D eigenvalue weighted by Gasteiger charge is -2.30. The molecule has 2 amide bonds. The van der Waals surface area contributed by atoms with Crippen LogP contribution in [0.4, 0.5) is 18.0 Å². The van der Waals surface area contributed by atoms with Gasteiger partial charge in [0.15, 0.2) is 0 Å². The van der Waals surface area contributed by atoms with Crippen LogP contribution in [-0.2, 0) is 14.3 Å². The lowest BCUT2D eigenvalue weighted by molar-refractivity contribution is -0.177. The van der Waals surface area contributed by atoms with Crippen LogP contribution in [-0.4, -0.2) is 59.4 Å². The van der Waals surface area contributed by atoms with Crippen LogP contribution >= 0.6 is 0 Å². The maximum absolute atomic E-state index is 13.6. The van der Waals surface area contributed by atoms with Crippen LogP contribution in [0.25, 0.3) is 11.1 Å².